The molecule has 0 aromatic heterocycles. The second kappa shape index (κ2) is 8.53. The lowest BCUT2D eigenvalue weighted by molar-refractivity contribution is -0.119. The predicted octanol–water partition coefficient (Wildman–Crippen LogP) is 4.27. The highest BCUT2D eigenvalue weighted by molar-refractivity contribution is 6.32. The van der Waals surface area contributed by atoms with Crippen LogP contribution in [0.15, 0.2) is 42.5 Å². The molecule has 0 aliphatic carbocycles. The number of hydrogen-bond donors (Lipinski definition) is 1. The maximum Gasteiger partial charge on any atom is 0.338 e. The summed E-state index contributed by atoms with van der Waals surface area (Å²) in [4.78, 5) is 23.9. The minimum absolute atomic E-state index is 0.377. The SMILES string of the molecule is COc1ccc(NC(=O)COC(=O)c2ccc(C(C)C)cc2)cc1Cl. The summed E-state index contributed by atoms with van der Waals surface area (Å²) in [6, 6.07) is 12.0. The fourth-order valence-electron chi connectivity index (χ4n) is 2.16. The van der Waals surface area contributed by atoms with Crippen molar-refractivity contribution in [2.24, 2.45) is 0 Å². The Morgan fingerprint density at radius 3 is 2.36 bits per heavy atom. The van der Waals surface area contributed by atoms with Crippen LogP contribution in [0.5, 0.6) is 5.75 Å². The Bertz CT molecular complexity index is 757. The van der Waals surface area contributed by atoms with Crippen LogP contribution in [0.25, 0.3) is 0 Å². The first-order valence-electron chi connectivity index (χ1n) is 7.81. The van der Waals surface area contributed by atoms with Crippen LogP contribution in [0.1, 0.15) is 35.7 Å². The van der Waals surface area contributed by atoms with Crippen molar-refractivity contribution >= 4 is 29.2 Å². The molecule has 0 radical (unpaired) electrons. The van der Waals surface area contributed by atoms with Crippen molar-refractivity contribution in [3.05, 3.63) is 58.6 Å². The summed E-state index contributed by atoms with van der Waals surface area (Å²) in [6.45, 7) is 3.76. The molecular weight excluding hydrogens is 342 g/mol. The number of benzene rings is 2. The summed E-state index contributed by atoms with van der Waals surface area (Å²) in [5, 5.41) is 2.99. The average Bonchev–Trinajstić information content (AvgIpc) is 2.60. The van der Waals surface area contributed by atoms with Crippen LogP contribution in [0.4, 0.5) is 5.69 Å². The first kappa shape index (κ1) is 18.8. The maximum atomic E-state index is 12.0. The van der Waals surface area contributed by atoms with E-state index in [9.17, 15) is 9.59 Å². The number of esters is 1. The minimum atomic E-state index is -0.543. The Labute approximate surface area is 151 Å². The smallest absolute Gasteiger partial charge is 0.338 e. The van der Waals surface area contributed by atoms with Gasteiger partial charge in [-0.3, -0.25) is 4.79 Å². The van der Waals surface area contributed by atoms with Gasteiger partial charge in [-0.05, 0) is 41.8 Å². The van der Waals surface area contributed by atoms with E-state index >= 15 is 0 Å². The van der Waals surface area contributed by atoms with Crippen molar-refractivity contribution < 1.29 is 19.1 Å². The van der Waals surface area contributed by atoms with Crippen LogP contribution in [-0.4, -0.2) is 25.6 Å². The summed E-state index contributed by atoms with van der Waals surface area (Å²) in [5.41, 5.74) is 2.03. The Morgan fingerprint density at radius 1 is 1.12 bits per heavy atom. The fraction of sp³-hybridized carbons (Fsp3) is 0.263. The number of halogens is 1. The fourth-order valence-corrected chi connectivity index (χ4v) is 2.42. The van der Waals surface area contributed by atoms with Crippen molar-refractivity contribution in [2.45, 2.75) is 19.8 Å². The average molecular weight is 362 g/mol. The van der Waals surface area contributed by atoms with Gasteiger partial charge in [0.25, 0.3) is 5.91 Å². The summed E-state index contributed by atoms with van der Waals surface area (Å²) >= 11 is 5.99. The van der Waals surface area contributed by atoms with Gasteiger partial charge < -0.3 is 14.8 Å². The predicted molar refractivity (Wildman–Crippen MR) is 97.4 cm³/mol. The number of anilines is 1. The zero-order valence-electron chi connectivity index (χ0n) is 14.3. The summed E-state index contributed by atoms with van der Waals surface area (Å²) in [7, 11) is 1.51. The van der Waals surface area contributed by atoms with Crippen molar-refractivity contribution in [3.8, 4) is 5.75 Å². The molecule has 0 aliphatic heterocycles. The van der Waals surface area contributed by atoms with Gasteiger partial charge in [-0.2, -0.15) is 0 Å². The van der Waals surface area contributed by atoms with Gasteiger partial charge in [-0.15, -0.1) is 0 Å². The molecule has 25 heavy (non-hydrogen) atoms. The van der Waals surface area contributed by atoms with Gasteiger partial charge >= 0.3 is 5.97 Å². The van der Waals surface area contributed by atoms with E-state index in [-0.39, 0.29) is 6.61 Å². The lowest BCUT2D eigenvalue weighted by atomic mass is 10.0. The highest BCUT2D eigenvalue weighted by Crippen LogP contribution is 2.27. The number of rotatable bonds is 6. The zero-order chi connectivity index (χ0) is 18.4. The van der Waals surface area contributed by atoms with Gasteiger partial charge in [0.15, 0.2) is 6.61 Å². The van der Waals surface area contributed by atoms with E-state index in [0.29, 0.717) is 27.9 Å². The molecule has 0 unspecified atom stereocenters. The molecule has 0 spiro atoms. The van der Waals surface area contributed by atoms with Crippen LogP contribution >= 0.6 is 11.6 Å². The number of hydrogen-bond acceptors (Lipinski definition) is 4. The standard InChI is InChI=1S/C19H20ClNO4/c1-12(2)13-4-6-14(7-5-13)19(23)25-11-18(22)21-15-8-9-17(24-3)16(20)10-15/h4-10,12H,11H2,1-3H3,(H,21,22). The molecule has 1 amide bonds. The van der Waals surface area contributed by atoms with E-state index < -0.39 is 11.9 Å². The molecule has 2 aromatic carbocycles. The second-order valence-electron chi connectivity index (χ2n) is 5.75. The molecule has 0 atom stereocenters. The summed E-state index contributed by atoms with van der Waals surface area (Å²) in [6.07, 6.45) is 0. The molecule has 2 rings (SSSR count). The number of nitrogens with one attached hydrogen (secondary N) is 1. The molecular formula is C19H20ClNO4. The maximum absolute atomic E-state index is 12.0. The molecule has 0 heterocycles. The van der Waals surface area contributed by atoms with Gasteiger partial charge in [0, 0.05) is 5.69 Å². The monoisotopic (exact) mass is 361 g/mol. The lowest BCUT2D eigenvalue weighted by Gasteiger charge is -2.09. The van der Waals surface area contributed by atoms with Crippen molar-refractivity contribution in [1.82, 2.24) is 0 Å². The third-order valence-electron chi connectivity index (χ3n) is 3.58. The van der Waals surface area contributed by atoms with Gasteiger partial charge in [0.05, 0.1) is 17.7 Å². The molecule has 2 aromatic rings. The quantitative estimate of drug-likeness (QED) is 0.780. The van der Waals surface area contributed by atoms with Crippen LogP contribution in [0, 0.1) is 0 Å². The molecule has 0 bridgehead atoms. The topological polar surface area (TPSA) is 64.6 Å². The van der Waals surface area contributed by atoms with E-state index in [1.165, 1.54) is 7.11 Å². The van der Waals surface area contributed by atoms with Crippen molar-refractivity contribution in [3.63, 3.8) is 0 Å². The lowest BCUT2D eigenvalue weighted by Crippen LogP contribution is -2.20. The second-order valence-corrected chi connectivity index (χ2v) is 6.16. The van der Waals surface area contributed by atoms with Crippen LogP contribution < -0.4 is 10.1 Å². The van der Waals surface area contributed by atoms with Crippen LogP contribution in [0.2, 0.25) is 5.02 Å². The van der Waals surface area contributed by atoms with E-state index in [4.69, 9.17) is 21.1 Å². The van der Waals surface area contributed by atoms with Crippen molar-refractivity contribution in [1.29, 1.82) is 0 Å². The largest absolute Gasteiger partial charge is 0.495 e. The molecule has 0 aliphatic rings. The summed E-state index contributed by atoms with van der Waals surface area (Å²) < 4.78 is 10.1. The number of methoxy groups -OCH3 is 1. The zero-order valence-corrected chi connectivity index (χ0v) is 15.1. The Kier molecular flexibility index (Phi) is 6.42. The van der Waals surface area contributed by atoms with E-state index in [1.807, 2.05) is 12.1 Å². The number of carbonyl (C=O) groups excluding carboxylic acids is 2. The Morgan fingerprint density at radius 2 is 1.80 bits per heavy atom. The van der Waals surface area contributed by atoms with E-state index in [0.717, 1.165) is 5.56 Å². The number of carbonyl (C=O) groups is 2. The molecule has 0 fully saturated rings. The van der Waals surface area contributed by atoms with Gasteiger partial charge in [0.2, 0.25) is 0 Å². The minimum Gasteiger partial charge on any atom is -0.495 e. The Hall–Kier alpha value is -2.53. The van der Waals surface area contributed by atoms with Gasteiger partial charge in [-0.25, -0.2) is 4.79 Å². The van der Waals surface area contributed by atoms with E-state index in [1.54, 1.807) is 30.3 Å². The third-order valence-corrected chi connectivity index (χ3v) is 3.88. The van der Waals surface area contributed by atoms with Gasteiger partial charge in [-0.1, -0.05) is 37.6 Å². The normalized spacial score (nSPS) is 10.4. The van der Waals surface area contributed by atoms with Gasteiger partial charge in [0.1, 0.15) is 5.75 Å². The molecule has 5 nitrogen and oxygen atoms in total. The molecule has 0 saturated heterocycles. The highest BCUT2D eigenvalue weighted by atomic mass is 35.5. The highest BCUT2D eigenvalue weighted by Gasteiger charge is 2.11. The molecule has 1 N–H and O–H groups in total. The molecule has 132 valence electrons. The van der Waals surface area contributed by atoms with E-state index in [2.05, 4.69) is 19.2 Å². The molecule has 6 heteroatoms. The number of ether oxygens (including phenoxy) is 2. The third kappa shape index (κ3) is 5.22. The van der Waals surface area contributed by atoms with Crippen LogP contribution in [0.3, 0.4) is 0 Å². The first-order chi connectivity index (χ1) is 11.9. The first-order valence-corrected chi connectivity index (χ1v) is 8.19. The Balaban J connectivity index is 1.88. The molecule has 0 saturated carbocycles. The van der Waals surface area contributed by atoms with Crippen LogP contribution in [-0.2, 0) is 9.53 Å². The van der Waals surface area contributed by atoms with Crippen molar-refractivity contribution in [2.75, 3.05) is 19.0 Å². The number of amides is 1. The summed E-state index contributed by atoms with van der Waals surface area (Å²) in [5.74, 6) is -0.102.